The minimum absolute atomic E-state index is 0.565. The molecule has 0 radical (unpaired) electrons. The SMILES string of the molecule is N#Cc1ccc(OCCC2CCNCC2)nc1. The van der Waals surface area contributed by atoms with Crippen molar-refractivity contribution in [3.63, 3.8) is 0 Å². The molecule has 0 aliphatic carbocycles. The van der Waals surface area contributed by atoms with Crippen LogP contribution in [0.2, 0.25) is 0 Å². The molecule has 0 bridgehead atoms. The largest absolute Gasteiger partial charge is 0.478 e. The molecule has 1 aromatic heterocycles. The summed E-state index contributed by atoms with van der Waals surface area (Å²) >= 11 is 0. The predicted molar refractivity (Wildman–Crippen MR) is 64.7 cm³/mol. The number of nitriles is 1. The van der Waals surface area contributed by atoms with E-state index < -0.39 is 0 Å². The second-order valence-corrected chi connectivity index (χ2v) is 4.33. The minimum Gasteiger partial charge on any atom is -0.478 e. The summed E-state index contributed by atoms with van der Waals surface area (Å²) in [6, 6.07) is 5.52. The number of hydrogen-bond donors (Lipinski definition) is 1. The number of ether oxygens (including phenoxy) is 1. The van der Waals surface area contributed by atoms with Crippen LogP contribution in [0.4, 0.5) is 0 Å². The highest BCUT2D eigenvalue weighted by Gasteiger charge is 2.12. The van der Waals surface area contributed by atoms with Gasteiger partial charge in [-0.25, -0.2) is 4.98 Å². The highest BCUT2D eigenvalue weighted by Crippen LogP contribution is 2.16. The summed E-state index contributed by atoms with van der Waals surface area (Å²) < 4.78 is 5.57. The van der Waals surface area contributed by atoms with Crippen molar-refractivity contribution < 1.29 is 4.74 Å². The van der Waals surface area contributed by atoms with Gasteiger partial charge in [-0.05, 0) is 44.3 Å². The molecule has 1 saturated heterocycles. The molecule has 0 atom stereocenters. The van der Waals surface area contributed by atoms with Crippen molar-refractivity contribution in [2.75, 3.05) is 19.7 Å². The lowest BCUT2D eigenvalue weighted by molar-refractivity contribution is 0.245. The average molecular weight is 231 g/mol. The first-order valence-corrected chi connectivity index (χ1v) is 6.08. The van der Waals surface area contributed by atoms with Crippen molar-refractivity contribution in [3.8, 4) is 11.9 Å². The van der Waals surface area contributed by atoms with Crippen molar-refractivity contribution in [1.82, 2.24) is 10.3 Å². The Labute approximate surface area is 102 Å². The Balaban J connectivity index is 1.72. The zero-order valence-corrected chi connectivity index (χ0v) is 9.85. The molecular weight excluding hydrogens is 214 g/mol. The zero-order chi connectivity index (χ0) is 11.9. The van der Waals surface area contributed by atoms with E-state index in [1.807, 2.05) is 6.07 Å². The fraction of sp³-hybridized carbons (Fsp3) is 0.538. The third-order valence-corrected chi connectivity index (χ3v) is 3.10. The van der Waals surface area contributed by atoms with Crippen molar-refractivity contribution >= 4 is 0 Å². The number of pyridine rings is 1. The van der Waals surface area contributed by atoms with Crippen molar-refractivity contribution in [2.24, 2.45) is 5.92 Å². The zero-order valence-electron chi connectivity index (χ0n) is 9.85. The molecule has 0 saturated carbocycles. The first kappa shape index (κ1) is 11.9. The molecular formula is C13H17N3O. The second-order valence-electron chi connectivity index (χ2n) is 4.33. The summed E-state index contributed by atoms with van der Waals surface area (Å²) in [5, 5.41) is 12.0. The first-order chi connectivity index (χ1) is 8.38. The van der Waals surface area contributed by atoms with Crippen LogP contribution >= 0.6 is 0 Å². The molecule has 1 aliphatic heterocycles. The predicted octanol–water partition coefficient (Wildman–Crippen LogP) is 1.72. The number of nitrogens with zero attached hydrogens (tertiary/aromatic N) is 2. The quantitative estimate of drug-likeness (QED) is 0.857. The van der Waals surface area contributed by atoms with Crippen LogP contribution in [0, 0.1) is 17.2 Å². The van der Waals surface area contributed by atoms with Gasteiger partial charge < -0.3 is 10.1 Å². The van der Waals surface area contributed by atoms with Crippen LogP contribution in [-0.4, -0.2) is 24.7 Å². The lowest BCUT2D eigenvalue weighted by atomic mass is 9.95. The first-order valence-electron chi connectivity index (χ1n) is 6.08. The van der Waals surface area contributed by atoms with Gasteiger partial charge in [0.15, 0.2) is 0 Å². The summed E-state index contributed by atoms with van der Waals surface area (Å²) in [4.78, 5) is 4.08. The van der Waals surface area contributed by atoms with Crippen LogP contribution < -0.4 is 10.1 Å². The number of piperidine rings is 1. The van der Waals surface area contributed by atoms with Crippen molar-refractivity contribution in [1.29, 1.82) is 5.26 Å². The molecule has 2 heterocycles. The summed E-state index contributed by atoms with van der Waals surface area (Å²) in [5.41, 5.74) is 0.565. The van der Waals surface area contributed by atoms with Gasteiger partial charge >= 0.3 is 0 Å². The lowest BCUT2D eigenvalue weighted by Crippen LogP contribution is -2.28. The average Bonchev–Trinajstić information content (AvgIpc) is 2.41. The lowest BCUT2D eigenvalue weighted by Gasteiger charge is -2.22. The van der Waals surface area contributed by atoms with Crippen LogP contribution in [0.5, 0.6) is 5.88 Å². The van der Waals surface area contributed by atoms with E-state index in [2.05, 4.69) is 10.3 Å². The maximum absolute atomic E-state index is 8.64. The Hall–Kier alpha value is -1.60. The molecule has 0 unspecified atom stereocenters. The van der Waals surface area contributed by atoms with Gasteiger partial charge in [-0.15, -0.1) is 0 Å². The molecule has 4 heteroatoms. The fourth-order valence-corrected chi connectivity index (χ4v) is 2.03. The van der Waals surface area contributed by atoms with Gasteiger partial charge in [0.05, 0.1) is 12.2 Å². The van der Waals surface area contributed by atoms with Crippen LogP contribution in [0.1, 0.15) is 24.8 Å². The maximum Gasteiger partial charge on any atom is 0.213 e. The Morgan fingerprint density at radius 1 is 1.41 bits per heavy atom. The smallest absolute Gasteiger partial charge is 0.213 e. The van der Waals surface area contributed by atoms with Gasteiger partial charge in [0.1, 0.15) is 6.07 Å². The molecule has 0 aromatic carbocycles. The molecule has 1 aromatic rings. The molecule has 0 spiro atoms. The van der Waals surface area contributed by atoms with Gasteiger partial charge in [0, 0.05) is 12.3 Å². The van der Waals surface area contributed by atoms with Crippen LogP contribution in [0.25, 0.3) is 0 Å². The van der Waals surface area contributed by atoms with Gasteiger partial charge in [-0.3, -0.25) is 0 Å². The van der Waals surface area contributed by atoms with E-state index in [1.54, 1.807) is 18.3 Å². The molecule has 1 N–H and O–H groups in total. The van der Waals surface area contributed by atoms with E-state index in [4.69, 9.17) is 10.00 Å². The monoisotopic (exact) mass is 231 g/mol. The number of hydrogen-bond acceptors (Lipinski definition) is 4. The number of nitrogens with one attached hydrogen (secondary N) is 1. The second kappa shape index (κ2) is 6.21. The normalized spacial score (nSPS) is 16.4. The van der Waals surface area contributed by atoms with E-state index in [9.17, 15) is 0 Å². The van der Waals surface area contributed by atoms with Gasteiger partial charge in [0.25, 0.3) is 0 Å². The Morgan fingerprint density at radius 2 is 2.24 bits per heavy atom. The standard InChI is InChI=1S/C13H17N3O/c14-9-12-1-2-13(16-10-12)17-8-5-11-3-6-15-7-4-11/h1-2,10-11,15H,3-8H2. The number of aromatic nitrogens is 1. The van der Waals surface area contributed by atoms with Gasteiger partial charge in [0.2, 0.25) is 5.88 Å². The Kier molecular flexibility index (Phi) is 4.34. The third kappa shape index (κ3) is 3.72. The molecule has 0 amide bonds. The Morgan fingerprint density at radius 3 is 2.88 bits per heavy atom. The van der Waals surface area contributed by atoms with E-state index in [-0.39, 0.29) is 0 Å². The summed E-state index contributed by atoms with van der Waals surface area (Å²) in [7, 11) is 0. The maximum atomic E-state index is 8.64. The highest BCUT2D eigenvalue weighted by molar-refractivity contribution is 5.28. The van der Waals surface area contributed by atoms with E-state index >= 15 is 0 Å². The van der Waals surface area contributed by atoms with Crippen molar-refractivity contribution in [2.45, 2.75) is 19.3 Å². The van der Waals surface area contributed by atoms with E-state index in [0.717, 1.165) is 25.4 Å². The Bertz CT molecular complexity index is 377. The summed E-state index contributed by atoms with van der Waals surface area (Å²) in [5.74, 6) is 1.38. The third-order valence-electron chi connectivity index (χ3n) is 3.10. The minimum atomic E-state index is 0.565. The molecule has 1 fully saturated rings. The summed E-state index contributed by atoms with van der Waals surface area (Å²) in [6.45, 7) is 2.96. The highest BCUT2D eigenvalue weighted by atomic mass is 16.5. The molecule has 2 rings (SSSR count). The summed E-state index contributed by atoms with van der Waals surface area (Å²) in [6.07, 6.45) is 5.11. The molecule has 1 aliphatic rings. The van der Waals surface area contributed by atoms with Crippen LogP contribution in [-0.2, 0) is 0 Å². The molecule has 4 nitrogen and oxygen atoms in total. The van der Waals surface area contributed by atoms with Crippen molar-refractivity contribution in [3.05, 3.63) is 23.9 Å². The van der Waals surface area contributed by atoms with Crippen LogP contribution in [0.15, 0.2) is 18.3 Å². The van der Waals surface area contributed by atoms with Crippen LogP contribution in [0.3, 0.4) is 0 Å². The fourth-order valence-electron chi connectivity index (χ4n) is 2.03. The molecule has 90 valence electrons. The van der Waals surface area contributed by atoms with Gasteiger partial charge in [-0.2, -0.15) is 5.26 Å². The van der Waals surface area contributed by atoms with Gasteiger partial charge in [-0.1, -0.05) is 0 Å². The molecule has 17 heavy (non-hydrogen) atoms. The van der Waals surface area contributed by atoms with E-state index in [0.29, 0.717) is 18.1 Å². The number of rotatable bonds is 4. The topological polar surface area (TPSA) is 57.9 Å². The van der Waals surface area contributed by atoms with E-state index in [1.165, 1.54) is 12.8 Å².